The van der Waals surface area contributed by atoms with Crippen molar-refractivity contribution >= 4 is 16.9 Å². The van der Waals surface area contributed by atoms with Crippen LogP contribution in [0.2, 0.25) is 0 Å². The first-order valence-corrected chi connectivity index (χ1v) is 8.39. The van der Waals surface area contributed by atoms with E-state index in [2.05, 4.69) is 25.7 Å². The Morgan fingerprint density at radius 2 is 2.19 bits per heavy atom. The van der Waals surface area contributed by atoms with Crippen molar-refractivity contribution in [1.29, 1.82) is 0 Å². The van der Waals surface area contributed by atoms with Crippen molar-refractivity contribution in [1.82, 2.24) is 30.2 Å². The van der Waals surface area contributed by atoms with Crippen LogP contribution in [0.25, 0.3) is 11.0 Å². The van der Waals surface area contributed by atoms with Gasteiger partial charge >= 0.3 is 0 Å². The van der Waals surface area contributed by atoms with Crippen LogP contribution in [0.3, 0.4) is 0 Å². The van der Waals surface area contributed by atoms with Gasteiger partial charge in [-0.05, 0) is 24.6 Å². The molecule has 2 N–H and O–H groups in total. The molecule has 0 spiro atoms. The first-order chi connectivity index (χ1) is 12.7. The highest BCUT2D eigenvalue weighted by Gasteiger charge is 2.12. The van der Waals surface area contributed by atoms with Gasteiger partial charge in [0.2, 0.25) is 0 Å². The quantitative estimate of drug-likeness (QED) is 0.555. The number of hydrogen-bond acceptors (Lipinski definition) is 5. The fourth-order valence-electron chi connectivity index (χ4n) is 2.74. The number of aromatic amines is 1. The average Bonchev–Trinajstić information content (AvgIpc) is 3.40. The van der Waals surface area contributed by atoms with Gasteiger partial charge in [0.15, 0.2) is 5.76 Å². The summed E-state index contributed by atoms with van der Waals surface area (Å²) in [6.07, 6.45) is 2.57. The molecule has 0 fully saturated rings. The fraction of sp³-hybridized carbons (Fsp3) is 0.222. The lowest BCUT2D eigenvalue weighted by atomic mass is 10.3. The molecule has 0 saturated carbocycles. The molecule has 0 radical (unpaired) electrons. The summed E-state index contributed by atoms with van der Waals surface area (Å²) in [4.78, 5) is 16.6. The fourth-order valence-corrected chi connectivity index (χ4v) is 2.74. The summed E-state index contributed by atoms with van der Waals surface area (Å²) in [5, 5.41) is 13.7. The van der Waals surface area contributed by atoms with Gasteiger partial charge in [0.1, 0.15) is 5.69 Å². The number of para-hydroxylation sites is 2. The second-order valence-corrected chi connectivity index (χ2v) is 5.96. The Hall–Kier alpha value is -3.42. The van der Waals surface area contributed by atoms with Crippen LogP contribution in [0, 0.1) is 0 Å². The minimum Gasteiger partial charge on any atom is -0.359 e. The van der Waals surface area contributed by atoms with Crippen LogP contribution in [0.1, 0.15) is 34.6 Å². The van der Waals surface area contributed by atoms with Crippen molar-refractivity contribution in [3.05, 3.63) is 65.6 Å². The minimum absolute atomic E-state index is 0.266. The predicted molar refractivity (Wildman–Crippen MR) is 94.5 cm³/mol. The highest BCUT2D eigenvalue weighted by Crippen LogP contribution is 2.13. The molecule has 1 amide bonds. The number of imidazole rings is 1. The maximum absolute atomic E-state index is 12.2. The molecule has 3 heterocycles. The van der Waals surface area contributed by atoms with Gasteiger partial charge in [0, 0.05) is 6.07 Å². The summed E-state index contributed by atoms with van der Waals surface area (Å²) in [6, 6.07) is 11.5. The Kier molecular flexibility index (Phi) is 4.22. The van der Waals surface area contributed by atoms with Crippen molar-refractivity contribution in [3.8, 4) is 0 Å². The number of rotatable bonds is 6. The number of aromatic nitrogens is 5. The maximum atomic E-state index is 12.2. The molecule has 0 aliphatic heterocycles. The van der Waals surface area contributed by atoms with E-state index in [-0.39, 0.29) is 12.5 Å². The highest BCUT2D eigenvalue weighted by molar-refractivity contribution is 5.92. The number of amides is 1. The number of aryl methyl sites for hydroxylation is 1. The number of fused-ring (bicyclic) bond motifs is 1. The summed E-state index contributed by atoms with van der Waals surface area (Å²) in [7, 11) is 0. The molecule has 4 aromatic rings. The molecule has 0 bridgehead atoms. The highest BCUT2D eigenvalue weighted by atomic mass is 16.5. The average molecular weight is 350 g/mol. The Balaban J connectivity index is 1.41. The van der Waals surface area contributed by atoms with Crippen molar-refractivity contribution < 1.29 is 9.32 Å². The topological polar surface area (TPSA) is 102 Å². The second-order valence-electron chi connectivity index (χ2n) is 5.96. The largest absolute Gasteiger partial charge is 0.359 e. The first-order valence-electron chi connectivity index (χ1n) is 8.39. The van der Waals surface area contributed by atoms with E-state index >= 15 is 0 Å². The van der Waals surface area contributed by atoms with Crippen LogP contribution in [0.15, 0.2) is 47.2 Å². The normalized spacial score (nSPS) is 11.1. The van der Waals surface area contributed by atoms with Gasteiger partial charge in [0.25, 0.3) is 5.91 Å². The van der Waals surface area contributed by atoms with E-state index in [4.69, 9.17) is 4.52 Å². The summed E-state index contributed by atoms with van der Waals surface area (Å²) in [5.41, 5.74) is 3.99. The molecule has 0 atom stereocenters. The Labute approximate surface area is 149 Å². The van der Waals surface area contributed by atoms with E-state index in [0.29, 0.717) is 18.0 Å². The number of carbonyl (C=O) groups excluding carboxylic acids is 1. The van der Waals surface area contributed by atoms with Crippen LogP contribution < -0.4 is 5.32 Å². The zero-order valence-electron chi connectivity index (χ0n) is 14.3. The third-order valence-corrected chi connectivity index (χ3v) is 4.12. The van der Waals surface area contributed by atoms with E-state index in [1.807, 2.05) is 41.8 Å². The molecule has 132 valence electrons. The van der Waals surface area contributed by atoms with Crippen molar-refractivity contribution in [2.75, 3.05) is 0 Å². The molecule has 8 nitrogen and oxygen atoms in total. The molecule has 0 saturated heterocycles. The van der Waals surface area contributed by atoms with Crippen molar-refractivity contribution in [3.63, 3.8) is 0 Å². The van der Waals surface area contributed by atoms with Crippen LogP contribution >= 0.6 is 0 Å². The molecule has 4 rings (SSSR count). The summed E-state index contributed by atoms with van der Waals surface area (Å²) in [6.45, 7) is 2.83. The molecule has 26 heavy (non-hydrogen) atoms. The van der Waals surface area contributed by atoms with Gasteiger partial charge in [-0.1, -0.05) is 24.2 Å². The Morgan fingerprint density at radius 1 is 1.31 bits per heavy atom. The summed E-state index contributed by atoms with van der Waals surface area (Å²) in [5.74, 6) is 0.355. The molecular formula is C18H18N6O2. The molecule has 1 aromatic carbocycles. The molecule has 0 unspecified atom stereocenters. The Morgan fingerprint density at radius 3 is 3.04 bits per heavy atom. The van der Waals surface area contributed by atoms with Gasteiger partial charge in [-0.15, -0.1) is 0 Å². The van der Waals surface area contributed by atoms with Crippen LogP contribution in [0.5, 0.6) is 0 Å². The Bertz CT molecular complexity index is 1040. The SMILES string of the molecule is CCc1cc(CNC(=O)c2cc(Cn3cnc4ccccc43)[nH]n2)on1. The maximum Gasteiger partial charge on any atom is 0.272 e. The molecule has 0 aliphatic rings. The van der Waals surface area contributed by atoms with E-state index in [1.54, 1.807) is 12.4 Å². The monoisotopic (exact) mass is 350 g/mol. The van der Waals surface area contributed by atoms with E-state index < -0.39 is 0 Å². The third kappa shape index (κ3) is 3.21. The van der Waals surface area contributed by atoms with E-state index in [1.165, 1.54) is 0 Å². The zero-order valence-corrected chi connectivity index (χ0v) is 14.3. The molecule has 8 heteroatoms. The van der Waals surface area contributed by atoms with Crippen LogP contribution in [-0.2, 0) is 19.5 Å². The second kappa shape index (κ2) is 6.83. The molecular weight excluding hydrogens is 332 g/mol. The first kappa shape index (κ1) is 16.1. The lowest BCUT2D eigenvalue weighted by molar-refractivity contribution is 0.0942. The van der Waals surface area contributed by atoms with Gasteiger partial charge in [0.05, 0.1) is 41.8 Å². The van der Waals surface area contributed by atoms with E-state index in [0.717, 1.165) is 28.8 Å². The number of H-pyrrole nitrogens is 1. The molecule has 3 aromatic heterocycles. The van der Waals surface area contributed by atoms with E-state index in [9.17, 15) is 4.79 Å². The van der Waals surface area contributed by atoms with Crippen LogP contribution in [0.4, 0.5) is 0 Å². The lowest BCUT2D eigenvalue weighted by Crippen LogP contribution is -2.22. The number of nitrogens with one attached hydrogen (secondary N) is 2. The number of hydrogen-bond donors (Lipinski definition) is 2. The standard InChI is InChI=1S/C18H18N6O2/c1-2-12-7-14(26-23-12)9-19-18(25)16-8-13(21-22-16)10-24-11-20-15-5-3-4-6-17(15)24/h3-8,11H,2,9-10H2,1H3,(H,19,25)(H,21,22). The number of benzene rings is 1. The summed E-state index contributed by atoms with van der Waals surface area (Å²) < 4.78 is 7.16. The van der Waals surface area contributed by atoms with Gasteiger partial charge in [-0.25, -0.2) is 4.98 Å². The van der Waals surface area contributed by atoms with Gasteiger partial charge in [-0.2, -0.15) is 5.10 Å². The lowest BCUT2D eigenvalue weighted by Gasteiger charge is -2.01. The van der Waals surface area contributed by atoms with Gasteiger partial charge < -0.3 is 14.4 Å². The number of nitrogens with zero attached hydrogens (tertiary/aromatic N) is 4. The summed E-state index contributed by atoms with van der Waals surface area (Å²) >= 11 is 0. The minimum atomic E-state index is -0.266. The van der Waals surface area contributed by atoms with Crippen molar-refractivity contribution in [2.24, 2.45) is 0 Å². The van der Waals surface area contributed by atoms with Gasteiger partial charge in [-0.3, -0.25) is 9.89 Å². The number of carbonyl (C=O) groups is 1. The molecule has 0 aliphatic carbocycles. The third-order valence-electron chi connectivity index (χ3n) is 4.12. The predicted octanol–water partition coefficient (Wildman–Crippen LogP) is 2.29. The zero-order chi connectivity index (χ0) is 17.9. The van der Waals surface area contributed by atoms with Crippen LogP contribution in [-0.4, -0.2) is 30.8 Å². The van der Waals surface area contributed by atoms with Crippen molar-refractivity contribution in [2.45, 2.75) is 26.4 Å². The smallest absolute Gasteiger partial charge is 0.272 e.